The maximum atomic E-state index is 12.5. The van der Waals surface area contributed by atoms with Crippen molar-refractivity contribution in [1.82, 2.24) is 4.98 Å². The first-order valence-electron chi connectivity index (χ1n) is 10.2. The lowest BCUT2D eigenvalue weighted by Gasteiger charge is -2.15. The average Bonchev–Trinajstić information content (AvgIpc) is 2.80. The number of carbonyl (C=O) groups excluding carboxylic acids is 1. The average molecular weight is 412 g/mol. The van der Waals surface area contributed by atoms with E-state index in [2.05, 4.69) is 10.3 Å². The minimum Gasteiger partial charge on any atom is -0.489 e. The van der Waals surface area contributed by atoms with Crippen LogP contribution in [0.1, 0.15) is 28.4 Å². The normalized spacial score (nSPS) is 10.6. The van der Waals surface area contributed by atoms with Crippen LogP contribution in [0.5, 0.6) is 5.75 Å². The van der Waals surface area contributed by atoms with Crippen LogP contribution >= 0.6 is 0 Å². The molecule has 0 bridgehead atoms. The number of hydrogen-bond acceptors (Lipinski definition) is 5. The molecule has 0 aliphatic rings. The Hall–Kier alpha value is -3.86. The first-order chi connectivity index (χ1) is 15.1. The fourth-order valence-corrected chi connectivity index (χ4v) is 3.32. The summed E-state index contributed by atoms with van der Waals surface area (Å²) in [5, 5.41) is 4.26. The molecule has 1 aromatic heterocycles. The van der Waals surface area contributed by atoms with Gasteiger partial charge in [0.2, 0.25) is 0 Å². The monoisotopic (exact) mass is 412 g/mol. The number of pyridine rings is 1. The molecular formula is C26H24N2O3. The second-order valence-corrected chi connectivity index (χ2v) is 7.21. The number of aryl methyl sites for hydroxylation is 1. The fourth-order valence-electron chi connectivity index (χ4n) is 3.32. The second-order valence-electron chi connectivity index (χ2n) is 7.21. The predicted molar refractivity (Wildman–Crippen MR) is 123 cm³/mol. The summed E-state index contributed by atoms with van der Waals surface area (Å²) in [7, 11) is 0. The molecule has 3 aromatic carbocycles. The van der Waals surface area contributed by atoms with E-state index in [4.69, 9.17) is 9.47 Å². The zero-order chi connectivity index (χ0) is 21.6. The molecule has 0 radical (unpaired) electrons. The number of hydrogen-bond donors (Lipinski definition) is 1. The number of carbonyl (C=O) groups is 1. The second kappa shape index (κ2) is 9.30. The van der Waals surface area contributed by atoms with Crippen LogP contribution in [0.4, 0.5) is 11.4 Å². The highest BCUT2D eigenvalue weighted by Gasteiger charge is 2.17. The van der Waals surface area contributed by atoms with Gasteiger partial charge in [-0.2, -0.15) is 0 Å². The standard InChI is InChI=1S/C26H24N2O3/c1-3-30-26(29)23-16-27-24-14-9-18(2)15-22(24)25(23)28-20-10-12-21(13-11-20)31-17-19-7-5-4-6-8-19/h4-16H,3,17H2,1-2H3,(H,27,28). The van der Waals surface area contributed by atoms with Gasteiger partial charge in [-0.25, -0.2) is 4.79 Å². The van der Waals surface area contributed by atoms with Crippen LogP contribution in [0.3, 0.4) is 0 Å². The van der Waals surface area contributed by atoms with E-state index in [-0.39, 0.29) is 0 Å². The number of anilines is 2. The molecule has 1 N–H and O–H groups in total. The number of nitrogens with one attached hydrogen (secondary N) is 1. The Kier molecular flexibility index (Phi) is 6.13. The molecule has 0 saturated carbocycles. The van der Waals surface area contributed by atoms with Crippen LogP contribution < -0.4 is 10.1 Å². The molecular weight excluding hydrogens is 388 g/mol. The molecule has 0 fully saturated rings. The molecule has 5 nitrogen and oxygen atoms in total. The minimum absolute atomic E-state index is 0.303. The quantitative estimate of drug-likeness (QED) is 0.375. The molecule has 0 atom stereocenters. The number of esters is 1. The number of benzene rings is 3. The van der Waals surface area contributed by atoms with E-state index in [0.29, 0.717) is 24.5 Å². The number of rotatable bonds is 7. The van der Waals surface area contributed by atoms with Gasteiger partial charge in [-0.1, -0.05) is 42.0 Å². The summed E-state index contributed by atoms with van der Waals surface area (Å²) >= 11 is 0. The molecule has 0 amide bonds. The molecule has 156 valence electrons. The van der Waals surface area contributed by atoms with E-state index in [9.17, 15) is 4.79 Å². The van der Waals surface area contributed by atoms with Crippen molar-refractivity contribution in [2.75, 3.05) is 11.9 Å². The molecule has 31 heavy (non-hydrogen) atoms. The lowest BCUT2D eigenvalue weighted by molar-refractivity contribution is 0.0527. The fraction of sp³-hybridized carbons (Fsp3) is 0.154. The topological polar surface area (TPSA) is 60.5 Å². The van der Waals surface area contributed by atoms with Crippen molar-refractivity contribution in [3.05, 3.63) is 95.7 Å². The van der Waals surface area contributed by atoms with E-state index in [1.165, 1.54) is 0 Å². The lowest BCUT2D eigenvalue weighted by atomic mass is 10.1. The molecule has 1 heterocycles. The summed E-state index contributed by atoms with van der Waals surface area (Å²) in [6, 6.07) is 23.7. The minimum atomic E-state index is -0.399. The molecule has 0 saturated heterocycles. The number of fused-ring (bicyclic) bond motifs is 1. The van der Waals surface area contributed by atoms with E-state index >= 15 is 0 Å². The smallest absolute Gasteiger partial charge is 0.341 e. The zero-order valence-electron chi connectivity index (χ0n) is 17.6. The van der Waals surface area contributed by atoms with E-state index in [0.717, 1.165) is 33.5 Å². The summed E-state index contributed by atoms with van der Waals surface area (Å²) in [5.74, 6) is 0.374. The summed E-state index contributed by atoms with van der Waals surface area (Å²) in [5.41, 5.74) is 4.94. The SMILES string of the molecule is CCOC(=O)c1cnc2ccc(C)cc2c1Nc1ccc(OCc2ccccc2)cc1. The molecule has 0 spiro atoms. The van der Waals surface area contributed by atoms with Gasteiger partial charge in [-0.15, -0.1) is 0 Å². The molecule has 4 rings (SSSR count). The van der Waals surface area contributed by atoms with Crippen LogP contribution in [0.2, 0.25) is 0 Å². The Morgan fingerprint density at radius 1 is 1.00 bits per heavy atom. The van der Waals surface area contributed by atoms with Gasteiger partial charge in [0, 0.05) is 17.3 Å². The van der Waals surface area contributed by atoms with Crippen LogP contribution in [0.15, 0.2) is 79.0 Å². The highest BCUT2D eigenvalue weighted by molar-refractivity contribution is 6.06. The van der Waals surface area contributed by atoms with Crippen molar-refractivity contribution in [3.63, 3.8) is 0 Å². The van der Waals surface area contributed by atoms with Gasteiger partial charge >= 0.3 is 5.97 Å². The van der Waals surface area contributed by atoms with Gasteiger partial charge in [-0.3, -0.25) is 4.98 Å². The Morgan fingerprint density at radius 2 is 1.77 bits per heavy atom. The van der Waals surface area contributed by atoms with E-state index in [1.807, 2.05) is 79.7 Å². The largest absolute Gasteiger partial charge is 0.489 e. The highest BCUT2D eigenvalue weighted by Crippen LogP contribution is 2.31. The van der Waals surface area contributed by atoms with Crippen LogP contribution in [-0.4, -0.2) is 17.6 Å². The van der Waals surface area contributed by atoms with Crippen molar-refractivity contribution in [1.29, 1.82) is 0 Å². The Morgan fingerprint density at radius 3 is 2.52 bits per heavy atom. The molecule has 0 aliphatic heterocycles. The third-order valence-corrected chi connectivity index (χ3v) is 4.89. The maximum Gasteiger partial charge on any atom is 0.341 e. The van der Waals surface area contributed by atoms with Gasteiger partial charge in [0.15, 0.2) is 0 Å². The van der Waals surface area contributed by atoms with Crippen molar-refractivity contribution in [2.45, 2.75) is 20.5 Å². The van der Waals surface area contributed by atoms with E-state index < -0.39 is 5.97 Å². The van der Waals surface area contributed by atoms with Crippen molar-refractivity contribution >= 4 is 28.2 Å². The van der Waals surface area contributed by atoms with Gasteiger partial charge < -0.3 is 14.8 Å². The first-order valence-corrected chi connectivity index (χ1v) is 10.2. The Balaban J connectivity index is 1.60. The molecule has 0 unspecified atom stereocenters. The van der Waals surface area contributed by atoms with E-state index in [1.54, 1.807) is 13.1 Å². The summed E-state index contributed by atoms with van der Waals surface area (Å²) < 4.78 is 11.1. The summed E-state index contributed by atoms with van der Waals surface area (Å²) in [4.78, 5) is 17.0. The van der Waals surface area contributed by atoms with Gasteiger partial charge in [0.05, 0.1) is 17.8 Å². The van der Waals surface area contributed by atoms with Crippen LogP contribution in [-0.2, 0) is 11.3 Å². The first kappa shape index (κ1) is 20.4. The zero-order valence-corrected chi connectivity index (χ0v) is 17.6. The highest BCUT2D eigenvalue weighted by atomic mass is 16.5. The van der Waals surface area contributed by atoms with Crippen LogP contribution in [0.25, 0.3) is 10.9 Å². The van der Waals surface area contributed by atoms with Crippen molar-refractivity contribution in [2.24, 2.45) is 0 Å². The van der Waals surface area contributed by atoms with Crippen molar-refractivity contribution in [3.8, 4) is 5.75 Å². The lowest BCUT2D eigenvalue weighted by Crippen LogP contribution is -2.09. The summed E-state index contributed by atoms with van der Waals surface area (Å²) in [6.07, 6.45) is 1.56. The third-order valence-electron chi connectivity index (χ3n) is 4.89. The third kappa shape index (κ3) is 4.83. The molecule has 5 heteroatoms. The Bertz CT molecular complexity index is 1190. The van der Waals surface area contributed by atoms with Crippen LogP contribution in [0, 0.1) is 6.92 Å². The van der Waals surface area contributed by atoms with Gasteiger partial charge in [-0.05, 0) is 55.8 Å². The number of aromatic nitrogens is 1. The molecule has 4 aromatic rings. The Labute approximate surface area is 181 Å². The number of ether oxygens (including phenoxy) is 2. The van der Waals surface area contributed by atoms with Gasteiger partial charge in [0.1, 0.15) is 17.9 Å². The maximum absolute atomic E-state index is 12.5. The van der Waals surface area contributed by atoms with Crippen molar-refractivity contribution < 1.29 is 14.3 Å². The number of nitrogens with zero attached hydrogens (tertiary/aromatic N) is 1. The summed E-state index contributed by atoms with van der Waals surface area (Å²) in [6.45, 7) is 4.61. The predicted octanol–water partition coefficient (Wildman–Crippen LogP) is 6.04. The van der Waals surface area contributed by atoms with Gasteiger partial charge in [0.25, 0.3) is 0 Å². The molecule has 0 aliphatic carbocycles.